The van der Waals surface area contributed by atoms with Crippen molar-refractivity contribution in [1.29, 1.82) is 0 Å². The van der Waals surface area contributed by atoms with Crippen molar-refractivity contribution in [2.45, 2.75) is 18.9 Å². The van der Waals surface area contributed by atoms with Crippen LogP contribution in [0.2, 0.25) is 0 Å². The first kappa shape index (κ1) is 16.3. The summed E-state index contributed by atoms with van der Waals surface area (Å²) in [5.74, 6) is 0.295. The van der Waals surface area contributed by atoms with E-state index in [4.69, 9.17) is 9.47 Å². The molecular weight excluding hydrogens is 308 g/mol. The van der Waals surface area contributed by atoms with Gasteiger partial charge in [0.15, 0.2) is 0 Å². The van der Waals surface area contributed by atoms with Crippen LogP contribution in [0.25, 0.3) is 0 Å². The van der Waals surface area contributed by atoms with Gasteiger partial charge in [0, 0.05) is 25.5 Å². The summed E-state index contributed by atoms with van der Waals surface area (Å²) in [7, 11) is 1.61. The average Bonchev–Trinajstić information content (AvgIpc) is 3.10. The number of carbonyl (C=O) groups excluding carboxylic acids is 1. The van der Waals surface area contributed by atoms with Crippen molar-refractivity contribution in [3.63, 3.8) is 0 Å². The van der Waals surface area contributed by atoms with Gasteiger partial charge in [-0.1, -0.05) is 0 Å². The van der Waals surface area contributed by atoms with Crippen LogP contribution in [0.4, 0.5) is 5.69 Å². The Balaban J connectivity index is 1.60. The van der Waals surface area contributed by atoms with E-state index in [0.29, 0.717) is 12.3 Å². The summed E-state index contributed by atoms with van der Waals surface area (Å²) in [6, 6.07) is 10.2. The van der Waals surface area contributed by atoms with Crippen LogP contribution in [0.3, 0.4) is 0 Å². The number of aryl methyl sites for hydroxylation is 1. The Morgan fingerprint density at radius 1 is 1.33 bits per heavy atom. The van der Waals surface area contributed by atoms with Crippen LogP contribution in [0.5, 0.6) is 5.75 Å². The van der Waals surface area contributed by atoms with Crippen LogP contribution in [-0.4, -0.2) is 29.8 Å². The zero-order valence-electron chi connectivity index (χ0n) is 13.5. The molecular formula is C18H20N2O4. The van der Waals surface area contributed by atoms with Crippen LogP contribution < -0.4 is 15.6 Å². The first-order valence-electron chi connectivity index (χ1n) is 7.95. The maximum Gasteiger partial charge on any atom is 0.263 e. The average molecular weight is 328 g/mol. The summed E-state index contributed by atoms with van der Waals surface area (Å²) in [6.45, 7) is 1.34. The molecule has 126 valence electrons. The van der Waals surface area contributed by atoms with E-state index in [0.717, 1.165) is 25.2 Å². The topological polar surface area (TPSA) is 69.6 Å². The normalized spacial score (nSPS) is 16.8. The van der Waals surface area contributed by atoms with Gasteiger partial charge >= 0.3 is 0 Å². The molecule has 1 aromatic carbocycles. The van der Waals surface area contributed by atoms with Gasteiger partial charge in [-0.15, -0.1) is 0 Å². The van der Waals surface area contributed by atoms with Crippen molar-refractivity contribution in [2.24, 2.45) is 7.05 Å². The molecule has 2 aromatic rings. The van der Waals surface area contributed by atoms with Crippen molar-refractivity contribution >= 4 is 11.6 Å². The fourth-order valence-electron chi connectivity index (χ4n) is 2.57. The highest BCUT2D eigenvalue weighted by Gasteiger charge is 2.16. The Bertz CT molecular complexity index is 761. The minimum atomic E-state index is -0.427. The smallest absolute Gasteiger partial charge is 0.263 e. The summed E-state index contributed by atoms with van der Waals surface area (Å²) >= 11 is 0. The molecule has 1 N–H and O–H groups in total. The minimum absolute atomic E-state index is 0.110. The maximum atomic E-state index is 12.2. The molecule has 1 unspecified atom stereocenters. The van der Waals surface area contributed by atoms with Crippen molar-refractivity contribution < 1.29 is 14.3 Å². The second-order valence-corrected chi connectivity index (χ2v) is 5.76. The molecule has 3 rings (SSSR count). The van der Waals surface area contributed by atoms with Crippen molar-refractivity contribution in [2.75, 3.05) is 18.5 Å². The highest BCUT2D eigenvalue weighted by molar-refractivity contribution is 6.03. The van der Waals surface area contributed by atoms with E-state index in [2.05, 4.69) is 5.32 Å². The summed E-state index contributed by atoms with van der Waals surface area (Å²) in [6.07, 6.45) is 3.89. The second-order valence-electron chi connectivity index (χ2n) is 5.76. The Kier molecular flexibility index (Phi) is 4.96. The number of nitrogens with zero attached hydrogens (tertiary/aromatic N) is 1. The Morgan fingerprint density at radius 2 is 2.12 bits per heavy atom. The van der Waals surface area contributed by atoms with Gasteiger partial charge < -0.3 is 19.4 Å². The molecule has 1 amide bonds. The largest absolute Gasteiger partial charge is 0.491 e. The highest BCUT2D eigenvalue weighted by atomic mass is 16.5. The van der Waals surface area contributed by atoms with E-state index in [-0.39, 0.29) is 17.2 Å². The van der Waals surface area contributed by atoms with E-state index < -0.39 is 5.91 Å². The third kappa shape index (κ3) is 3.83. The molecule has 6 heteroatoms. The zero-order valence-corrected chi connectivity index (χ0v) is 13.5. The standard InChI is InChI=1S/C18H20N2O4/c1-20-10-2-5-16(18(20)22)17(21)19-13-6-8-14(9-7-13)24-12-15-4-3-11-23-15/h2,5-10,15H,3-4,11-12H2,1H3,(H,19,21). The van der Waals surface area contributed by atoms with Gasteiger partial charge in [0.25, 0.3) is 11.5 Å². The van der Waals surface area contributed by atoms with Gasteiger partial charge in [0.1, 0.15) is 17.9 Å². The number of rotatable bonds is 5. The number of carbonyl (C=O) groups is 1. The molecule has 1 aromatic heterocycles. The summed E-state index contributed by atoms with van der Waals surface area (Å²) < 4.78 is 12.6. The molecule has 2 heterocycles. The third-order valence-electron chi connectivity index (χ3n) is 3.94. The fraction of sp³-hybridized carbons (Fsp3) is 0.333. The number of benzene rings is 1. The molecule has 1 fully saturated rings. The molecule has 1 atom stereocenters. The van der Waals surface area contributed by atoms with E-state index >= 15 is 0 Å². The van der Waals surface area contributed by atoms with Gasteiger partial charge in [-0.05, 0) is 49.2 Å². The third-order valence-corrected chi connectivity index (χ3v) is 3.94. The first-order chi connectivity index (χ1) is 11.6. The van der Waals surface area contributed by atoms with Gasteiger partial charge in [0.2, 0.25) is 0 Å². The van der Waals surface area contributed by atoms with Crippen LogP contribution in [0.1, 0.15) is 23.2 Å². The molecule has 0 spiro atoms. The molecule has 0 aliphatic carbocycles. The quantitative estimate of drug-likeness (QED) is 0.913. The number of hydrogen-bond acceptors (Lipinski definition) is 4. The SMILES string of the molecule is Cn1cccc(C(=O)Nc2ccc(OCC3CCCO3)cc2)c1=O. The molecule has 24 heavy (non-hydrogen) atoms. The van der Waals surface area contributed by atoms with Gasteiger partial charge in [-0.25, -0.2) is 0 Å². The number of anilines is 1. The van der Waals surface area contributed by atoms with Crippen LogP contribution in [0, 0.1) is 0 Å². The number of aromatic nitrogens is 1. The maximum absolute atomic E-state index is 12.2. The lowest BCUT2D eigenvalue weighted by molar-refractivity contribution is 0.0679. The van der Waals surface area contributed by atoms with Crippen LogP contribution >= 0.6 is 0 Å². The number of pyridine rings is 1. The molecule has 0 bridgehead atoms. The van der Waals surface area contributed by atoms with Gasteiger partial charge in [-0.2, -0.15) is 0 Å². The van der Waals surface area contributed by atoms with E-state index in [1.807, 2.05) is 0 Å². The Labute approximate surface area is 140 Å². The van der Waals surface area contributed by atoms with E-state index in [1.54, 1.807) is 43.6 Å². The predicted molar refractivity (Wildman–Crippen MR) is 90.5 cm³/mol. The zero-order chi connectivity index (χ0) is 16.9. The monoisotopic (exact) mass is 328 g/mol. The molecule has 1 saturated heterocycles. The number of nitrogens with one attached hydrogen (secondary N) is 1. The fourth-order valence-corrected chi connectivity index (χ4v) is 2.57. The number of amides is 1. The van der Waals surface area contributed by atoms with E-state index in [9.17, 15) is 9.59 Å². The van der Waals surface area contributed by atoms with Crippen molar-refractivity contribution in [3.05, 3.63) is 58.5 Å². The lowest BCUT2D eigenvalue weighted by Gasteiger charge is -2.12. The van der Waals surface area contributed by atoms with Crippen molar-refractivity contribution in [3.8, 4) is 5.75 Å². The van der Waals surface area contributed by atoms with Gasteiger partial charge in [-0.3, -0.25) is 9.59 Å². The number of hydrogen-bond donors (Lipinski definition) is 1. The van der Waals surface area contributed by atoms with Crippen molar-refractivity contribution in [1.82, 2.24) is 4.57 Å². The molecule has 0 saturated carbocycles. The van der Waals surface area contributed by atoms with E-state index in [1.165, 1.54) is 10.6 Å². The summed E-state index contributed by atoms with van der Waals surface area (Å²) in [5.41, 5.74) is 0.389. The highest BCUT2D eigenvalue weighted by Crippen LogP contribution is 2.18. The molecule has 6 nitrogen and oxygen atoms in total. The molecule has 0 radical (unpaired) electrons. The minimum Gasteiger partial charge on any atom is -0.491 e. The lowest BCUT2D eigenvalue weighted by atomic mass is 10.2. The first-order valence-corrected chi connectivity index (χ1v) is 7.95. The number of ether oxygens (including phenoxy) is 2. The Hall–Kier alpha value is -2.60. The molecule has 1 aliphatic rings. The Morgan fingerprint density at radius 3 is 2.83 bits per heavy atom. The predicted octanol–water partition coefficient (Wildman–Crippen LogP) is 2.20. The van der Waals surface area contributed by atoms with Crippen LogP contribution in [-0.2, 0) is 11.8 Å². The summed E-state index contributed by atoms with van der Waals surface area (Å²) in [5, 5.41) is 2.72. The van der Waals surface area contributed by atoms with Crippen LogP contribution in [0.15, 0.2) is 47.4 Å². The molecule has 1 aliphatic heterocycles. The second kappa shape index (κ2) is 7.31. The van der Waals surface area contributed by atoms with Gasteiger partial charge in [0.05, 0.1) is 6.10 Å². The lowest BCUT2D eigenvalue weighted by Crippen LogP contribution is -2.26. The summed E-state index contributed by atoms with van der Waals surface area (Å²) in [4.78, 5) is 24.1.